The van der Waals surface area contributed by atoms with Crippen molar-refractivity contribution in [1.29, 1.82) is 0 Å². The van der Waals surface area contributed by atoms with E-state index in [-0.39, 0.29) is 0 Å². The van der Waals surface area contributed by atoms with Gasteiger partial charge in [0.15, 0.2) is 12.3 Å². The van der Waals surface area contributed by atoms with Crippen molar-refractivity contribution in [3.05, 3.63) is 33.1 Å². The Morgan fingerprint density at radius 3 is 2.64 bits per heavy atom. The van der Waals surface area contributed by atoms with Crippen LogP contribution in [0.1, 0.15) is 13.2 Å². The highest BCUT2D eigenvalue weighted by molar-refractivity contribution is 5.66. The van der Waals surface area contributed by atoms with Crippen molar-refractivity contribution in [2.75, 3.05) is 13.2 Å². The number of ether oxygens (including phenoxy) is 2. The number of rotatable bonds is 4. The number of nitrogens with one attached hydrogen (secondary N) is 1. The summed E-state index contributed by atoms with van der Waals surface area (Å²) in [6.45, 7) is -0.134. The molecule has 0 radical (unpaired) electrons. The molecule has 0 amide bonds. The molecule has 122 valence electrons. The molecule has 1 saturated heterocycles. The highest BCUT2D eigenvalue weighted by Crippen LogP contribution is 2.36. The Bertz CT molecular complexity index is 663. The van der Waals surface area contributed by atoms with Crippen LogP contribution in [-0.4, -0.2) is 56.7 Å². The summed E-state index contributed by atoms with van der Waals surface area (Å²) >= 11 is 0. The van der Waals surface area contributed by atoms with Crippen molar-refractivity contribution < 1.29 is 24.5 Å². The first-order valence-corrected chi connectivity index (χ1v) is 6.48. The zero-order valence-electron chi connectivity index (χ0n) is 11.8. The molecule has 0 saturated carbocycles. The summed E-state index contributed by atoms with van der Waals surface area (Å²) in [5.41, 5.74) is 2.94. The molecule has 0 spiro atoms. The van der Waals surface area contributed by atoms with Gasteiger partial charge in [-0.1, -0.05) is 0 Å². The number of carbonyl (C=O) groups excluding carboxylic acids is 1. The first kappa shape index (κ1) is 16.4. The van der Waals surface area contributed by atoms with E-state index in [9.17, 15) is 24.6 Å². The van der Waals surface area contributed by atoms with Crippen molar-refractivity contribution in [3.8, 4) is 0 Å². The summed E-state index contributed by atoms with van der Waals surface area (Å²) in [6.07, 6.45) is -1.16. The molecule has 0 bridgehead atoms. The van der Waals surface area contributed by atoms with Crippen LogP contribution in [0.4, 0.5) is 0 Å². The van der Waals surface area contributed by atoms with Gasteiger partial charge in [-0.05, 0) is 0 Å². The Balaban J connectivity index is 2.49. The Morgan fingerprint density at radius 2 is 2.14 bits per heavy atom. The zero-order chi connectivity index (χ0) is 16.5. The SMILES string of the molecule is CC(=O)O[C@H]1[C@H](n2ccc(=O)[nH]c2=O)OC(CO)(CO)[C@H]1N. The maximum absolute atomic E-state index is 11.9. The van der Waals surface area contributed by atoms with Crippen molar-refractivity contribution in [3.63, 3.8) is 0 Å². The van der Waals surface area contributed by atoms with Crippen LogP contribution in [0.3, 0.4) is 0 Å². The van der Waals surface area contributed by atoms with Gasteiger partial charge in [0, 0.05) is 19.2 Å². The molecule has 22 heavy (non-hydrogen) atoms. The molecule has 1 aliphatic rings. The normalized spacial score (nSPS) is 26.8. The van der Waals surface area contributed by atoms with E-state index in [1.807, 2.05) is 4.98 Å². The van der Waals surface area contributed by atoms with E-state index in [0.29, 0.717) is 0 Å². The Labute approximate surface area is 124 Å². The zero-order valence-corrected chi connectivity index (χ0v) is 11.8. The first-order valence-electron chi connectivity index (χ1n) is 6.48. The maximum Gasteiger partial charge on any atom is 0.330 e. The topological polar surface area (TPSA) is 157 Å². The lowest BCUT2D eigenvalue weighted by molar-refractivity contribution is -0.157. The third kappa shape index (κ3) is 2.68. The van der Waals surface area contributed by atoms with Crippen LogP contribution in [0, 0.1) is 0 Å². The van der Waals surface area contributed by atoms with Gasteiger partial charge in [-0.25, -0.2) is 4.79 Å². The fraction of sp³-hybridized carbons (Fsp3) is 0.583. The number of aromatic nitrogens is 2. The van der Waals surface area contributed by atoms with E-state index in [2.05, 4.69) is 0 Å². The van der Waals surface area contributed by atoms with Gasteiger partial charge in [0.1, 0.15) is 5.60 Å². The third-order valence-corrected chi connectivity index (χ3v) is 3.56. The number of hydrogen-bond acceptors (Lipinski definition) is 8. The smallest absolute Gasteiger partial charge is 0.330 e. The molecule has 5 N–H and O–H groups in total. The van der Waals surface area contributed by atoms with Crippen molar-refractivity contribution in [1.82, 2.24) is 9.55 Å². The highest BCUT2D eigenvalue weighted by atomic mass is 16.6. The largest absolute Gasteiger partial charge is 0.456 e. The maximum atomic E-state index is 11.9. The molecule has 0 aromatic carbocycles. The summed E-state index contributed by atoms with van der Waals surface area (Å²) in [5, 5.41) is 18.9. The lowest BCUT2D eigenvalue weighted by Crippen LogP contribution is -2.55. The monoisotopic (exact) mass is 315 g/mol. The van der Waals surface area contributed by atoms with Gasteiger partial charge in [-0.15, -0.1) is 0 Å². The second kappa shape index (κ2) is 6.01. The van der Waals surface area contributed by atoms with Gasteiger partial charge in [-0.3, -0.25) is 19.1 Å². The van der Waals surface area contributed by atoms with E-state index in [1.54, 1.807) is 0 Å². The standard InChI is InChI=1S/C12H17N3O7/c1-6(18)21-8-9(13)12(4-16,5-17)22-10(8)15-3-2-7(19)14-11(15)20/h2-3,8-10,16-17H,4-5,13H2,1H3,(H,14,19,20)/t8-,9+,10-/m1/s1. The number of aliphatic hydroxyl groups excluding tert-OH is 2. The molecule has 1 aliphatic heterocycles. The molecule has 3 atom stereocenters. The van der Waals surface area contributed by atoms with Crippen molar-refractivity contribution in [2.45, 2.75) is 30.9 Å². The fourth-order valence-electron chi connectivity index (χ4n) is 2.36. The van der Waals surface area contributed by atoms with Gasteiger partial charge < -0.3 is 25.4 Å². The summed E-state index contributed by atoms with van der Waals surface area (Å²) < 4.78 is 11.6. The summed E-state index contributed by atoms with van der Waals surface area (Å²) in [4.78, 5) is 36.3. The van der Waals surface area contributed by atoms with Crippen LogP contribution < -0.4 is 17.0 Å². The van der Waals surface area contributed by atoms with E-state index in [1.165, 1.54) is 0 Å². The minimum Gasteiger partial charge on any atom is -0.456 e. The number of esters is 1. The van der Waals surface area contributed by atoms with Crippen molar-refractivity contribution in [2.24, 2.45) is 5.73 Å². The average molecular weight is 315 g/mol. The Kier molecular flexibility index (Phi) is 4.47. The first-order chi connectivity index (χ1) is 10.3. The molecule has 10 heteroatoms. The van der Waals surface area contributed by atoms with E-state index in [4.69, 9.17) is 15.2 Å². The number of nitrogens with two attached hydrogens (primary N) is 1. The fourth-order valence-corrected chi connectivity index (χ4v) is 2.36. The molecule has 2 heterocycles. The highest BCUT2D eigenvalue weighted by Gasteiger charge is 2.55. The number of hydrogen-bond donors (Lipinski definition) is 4. The molecule has 0 unspecified atom stereocenters. The lowest BCUT2D eigenvalue weighted by Gasteiger charge is -2.28. The third-order valence-electron chi connectivity index (χ3n) is 3.56. The van der Waals surface area contributed by atoms with Crippen LogP contribution in [0.2, 0.25) is 0 Å². The number of nitrogens with zero attached hydrogens (tertiary/aromatic N) is 1. The molecule has 1 aromatic heterocycles. The molecule has 10 nitrogen and oxygen atoms in total. The minimum absolute atomic E-state index is 0.608. The van der Waals surface area contributed by atoms with Crippen LogP contribution in [-0.2, 0) is 14.3 Å². The van der Waals surface area contributed by atoms with Crippen LogP contribution in [0.15, 0.2) is 21.9 Å². The molecule has 0 aliphatic carbocycles. The summed E-state index contributed by atoms with van der Waals surface area (Å²) in [6, 6.07) is 0.00848. The lowest BCUT2D eigenvalue weighted by atomic mass is 9.95. The average Bonchev–Trinajstić information content (AvgIpc) is 2.73. The molecule has 1 aromatic rings. The van der Waals surface area contributed by atoms with Crippen molar-refractivity contribution >= 4 is 5.97 Å². The molecule has 1 fully saturated rings. The summed E-state index contributed by atoms with van der Waals surface area (Å²) in [7, 11) is 0. The number of aromatic amines is 1. The van der Waals surface area contributed by atoms with E-state index in [0.717, 1.165) is 23.8 Å². The van der Waals surface area contributed by atoms with Crippen LogP contribution in [0.5, 0.6) is 0 Å². The minimum atomic E-state index is -1.58. The molecular weight excluding hydrogens is 298 g/mol. The van der Waals surface area contributed by atoms with E-state index < -0.39 is 54.4 Å². The predicted molar refractivity (Wildman–Crippen MR) is 71.9 cm³/mol. The quantitative estimate of drug-likeness (QED) is 0.429. The van der Waals surface area contributed by atoms with Gasteiger partial charge >= 0.3 is 11.7 Å². The van der Waals surface area contributed by atoms with Crippen LogP contribution >= 0.6 is 0 Å². The number of H-pyrrole nitrogens is 1. The van der Waals surface area contributed by atoms with Gasteiger partial charge in [-0.2, -0.15) is 0 Å². The second-order valence-electron chi connectivity index (χ2n) is 5.01. The van der Waals surface area contributed by atoms with Gasteiger partial charge in [0.25, 0.3) is 5.56 Å². The van der Waals surface area contributed by atoms with Gasteiger partial charge in [0.2, 0.25) is 0 Å². The van der Waals surface area contributed by atoms with Gasteiger partial charge in [0.05, 0.1) is 19.3 Å². The number of aliphatic hydroxyl groups is 2. The molecular formula is C12H17N3O7. The Morgan fingerprint density at radius 1 is 1.50 bits per heavy atom. The second-order valence-corrected chi connectivity index (χ2v) is 5.01. The van der Waals surface area contributed by atoms with Crippen LogP contribution in [0.25, 0.3) is 0 Å². The predicted octanol–water partition coefficient (Wildman–Crippen LogP) is -2.95. The summed E-state index contributed by atoms with van der Waals surface area (Å²) in [5.74, 6) is -0.668. The Hall–Kier alpha value is -2.01. The van der Waals surface area contributed by atoms with E-state index >= 15 is 0 Å². The molecule has 2 rings (SSSR count). The number of carbonyl (C=O) groups is 1.